The standard InChI is InChI=1S/C13H10F2O/c1-9-4-2-5-10(8-9)16-13-11(14)6-3-7-12(13)15/h2-8H,1H3. The molecule has 0 atom stereocenters. The van der Waals surface area contributed by atoms with Crippen LogP contribution >= 0.6 is 0 Å². The molecule has 0 saturated carbocycles. The van der Waals surface area contributed by atoms with Gasteiger partial charge in [0.05, 0.1) is 0 Å². The second-order valence-corrected chi connectivity index (χ2v) is 3.47. The van der Waals surface area contributed by atoms with Gasteiger partial charge >= 0.3 is 0 Å². The summed E-state index contributed by atoms with van der Waals surface area (Å²) in [4.78, 5) is 0. The molecule has 1 nitrogen and oxygen atoms in total. The SMILES string of the molecule is Cc1cccc(Oc2c(F)cccc2F)c1. The molecule has 2 aromatic carbocycles. The molecule has 2 rings (SSSR count). The van der Waals surface area contributed by atoms with E-state index in [1.54, 1.807) is 18.2 Å². The molecule has 0 aliphatic heterocycles. The van der Waals surface area contributed by atoms with E-state index in [4.69, 9.17) is 4.74 Å². The van der Waals surface area contributed by atoms with Gasteiger partial charge in [-0.15, -0.1) is 0 Å². The number of hydrogen-bond donors (Lipinski definition) is 0. The maximum Gasteiger partial charge on any atom is 0.198 e. The van der Waals surface area contributed by atoms with Crippen molar-refractivity contribution in [1.29, 1.82) is 0 Å². The Kier molecular flexibility index (Phi) is 2.86. The van der Waals surface area contributed by atoms with Crippen LogP contribution < -0.4 is 4.74 Å². The van der Waals surface area contributed by atoms with Crippen LogP contribution in [0.15, 0.2) is 42.5 Å². The number of halogens is 2. The maximum atomic E-state index is 13.3. The Morgan fingerprint density at radius 3 is 2.19 bits per heavy atom. The number of rotatable bonds is 2. The second-order valence-electron chi connectivity index (χ2n) is 3.47. The van der Waals surface area contributed by atoms with Crippen LogP contribution in [0.4, 0.5) is 8.78 Å². The topological polar surface area (TPSA) is 9.23 Å². The maximum absolute atomic E-state index is 13.3. The van der Waals surface area contributed by atoms with Crippen molar-refractivity contribution in [3.63, 3.8) is 0 Å². The molecular weight excluding hydrogens is 210 g/mol. The van der Waals surface area contributed by atoms with Crippen LogP contribution in [-0.4, -0.2) is 0 Å². The van der Waals surface area contributed by atoms with Crippen molar-refractivity contribution in [2.45, 2.75) is 6.92 Å². The number of ether oxygens (including phenoxy) is 1. The summed E-state index contributed by atoms with van der Waals surface area (Å²) in [5, 5.41) is 0. The van der Waals surface area contributed by atoms with E-state index in [-0.39, 0.29) is 5.75 Å². The van der Waals surface area contributed by atoms with E-state index in [1.165, 1.54) is 6.07 Å². The van der Waals surface area contributed by atoms with Crippen LogP contribution in [0, 0.1) is 18.6 Å². The smallest absolute Gasteiger partial charge is 0.198 e. The summed E-state index contributed by atoms with van der Waals surface area (Å²) in [7, 11) is 0. The molecular formula is C13H10F2O. The van der Waals surface area contributed by atoms with E-state index in [0.29, 0.717) is 5.75 Å². The summed E-state index contributed by atoms with van der Waals surface area (Å²) >= 11 is 0. The first-order valence-corrected chi connectivity index (χ1v) is 4.85. The van der Waals surface area contributed by atoms with Gasteiger partial charge in [0.15, 0.2) is 17.4 Å². The second kappa shape index (κ2) is 4.31. The van der Waals surface area contributed by atoms with E-state index in [1.807, 2.05) is 13.0 Å². The Hall–Kier alpha value is -1.90. The Balaban J connectivity index is 2.34. The van der Waals surface area contributed by atoms with E-state index >= 15 is 0 Å². The van der Waals surface area contributed by atoms with Crippen LogP contribution in [0.1, 0.15) is 5.56 Å². The van der Waals surface area contributed by atoms with Gasteiger partial charge in [0.25, 0.3) is 0 Å². The third-order valence-electron chi connectivity index (χ3n) is 2.13. The van der Waals surface area contributed by atoms with Crippen LogP contribution in [0.5, 0.6) is 11.5 Å². The predicted molar refractivity (Wildman–Crippen MR) is 57.6 cm³/mol. The van der Waals surface area contributed by atoms with Gasteiger partial charge in [0.2, 0.25) is 0 Å². The van der Waals surface area contributed by atoms with E-state index in [2.05, 4.69) is 0 Å². The molecule has 0 aromatic heterocycles. The first-order chi connectivity index (χ1) is 7.66. The minimum atomic E-state index is -0.707. The number of para-hydroxylation sites is 1. The molecule has 0 unspecified atom stereocenters. The summed E-state index contributed by atoms with van der Waals surface area (Å²) in [6.07, 6.45) is 0. The molecule has 0 aliphatic carbocycles. The van der Waals surface area contributed by atoms with Crippen molar-refractivity contribution in [1.82, 2.24) is 0 Å². The molecule has 0 aliphatic rings. The highest BCUT2D eigenvalue weighted by Crippen LogP contribution is 2.27. The van der Waals surface area contributed by atoms with Gasteiger partial charge in [0, 0.05) is 0 Å². The quantitative estimate of drug-likeness (QED) is 0.741. The first-order valence-electron chi connectivity index (χ1n) is 4.85. The molecule has 2 aromatic rings. The van der Waals surface area contributed by atoms with Gasteiger partial charge in [-0.2, -0.15) is 0 Å². The summed E-state index contributed by atoms with van der Waals surface area (Å²) in [6.45, 7) is 1.88. The van der Waals surface area contributed by atoms with E-state index in [9.17, 15) is 8.78 Å². The summed E-state index contributed by atoms with van der Waals surface area (Å²) in [5.74, 6) is -1.36. The fourth-order valence-corrected chi connectivity index (χ4v) is 1.38. The fraction of sp³-hybridized carbons (Fsp3) is 0.0769. The Labute approximate surface area is 92.3 Å². The summed E-state index contributed by atoms with van der Waals surface area (Å²) in [6, 6.07) is 10.6. The van der Waals surface area contributed by atoms with Crippen LogP contribution in [0.25, 0.3) is 0 Å². The third-order valence-corrected chi connectivity index (χ3v) is 2.13. The molecule has 0 spiro atoms. The fourth-order valence-electron chi connectivity index (χ4n) is 1.38. The lowest BCUT2D eigenvalue weighted by molar-refractivity contribution is 0.407. The number of aryl methyl sites for hydroxylation is 1. The monoisotopic (exact) mass is 220 g/mol. The molecule has 0 saturated heterocycles. The lowest BCUT2D eigenvalue weighted by Gasteiger charge is -2.07. The van der Waals surface area contributed by atoms with Crippen molar-refractivity contribution in [2.75, 3.05) is 0 Å². The Bertz CT molecular complexity index is 489. The molecule has 0 amide bonds. The van der Waals surface area contributed by atoms with Gasteiger partial charge in [-0.1, -0.05) is 18.2 Å². The molecule has 0 N–H and O–H groups in total. The summed E-state index contributed by atoms with van der Waals surface area (Å²) < 4.78 is 31.7. The lowest BCUT2D eigenvalue weighted by Crippen LogP contribution is -1.92. The van der Waals surface area contributed by atoms with Gasteiger partial charge in [-0.05, 0) is 36.8 Å². The molecule has 0 radical (unpaired) electrons. The van der Waals surface area contributed by atoms with Crippen molar-refractivity contribution in [3.8, 4) is 11.5 Å². The predicted octanol–water partition coefficient (Wildman–Crippen LogP) is 4.07. The van der Waals surface area contributed by atoms with Crippen molar-refractivity contribution in [3.05, 3.63) is 59.7 Å². The van der Waals surface area contributed by atoms with Crippen LogP contribution in [-0.2, 0) is 0 Å². The van der Waals surface area contributed by atoms with Gasteiger partial charge < -0.3 is 4.74 Å². The molecule has 3 heteroatoms. The largest absolute Gasteiger partial charge is 0.451 e. The highest BCUT2D eigenvalue weighted by atomic mass is 19.1. The minimum Gasteiger partial charge on any atom is -0.451 e. The zero-order valence-electron chi connectivity index (χ0n) is 8.71. The Morgan fingerprint density at radius 1 is 0.938 bits per heavy atom. The average Bonchev–Trinajstić information content (AvgIpc) is 2.24. The lowest BCUT2D eigenvalue weighted by atomic mass is 10.2. The third kappa shape index (κ3) is 2.19. The van der Waals surface area contributed by atoms with Crippen molar-refractivity contribution >= 4 is 0 Å². The van der Waals surface area contributed by atoms with Gasteiger partial charge in [0.1, 0.15) is 5.75 Å². The average molecular weight is 220 g/mol. The molecule has 16 heavy (non-hydrogen) atoms. The van der Waals surface area contributed by atoms with E-state index < -0.39 is 11.6 Å². The molecule has 0 fully saturated rings. The highest BCUT2D eigenvalue weighted by molar-refractivity contribution is 5.35. The van der Waals surface area contributed by atoms with Gasteiger partial charge in [-0.3, -0.25) is 0 Å². The molecule has 0 bridgehead atoms. The van der Waals surface area contributed by atoms with Gasteiger partial charge in [-0.25, -0.2) is 8.78 Å². The highest BCUT2D eigenvalue weighted by Gasteiger charge is 2.10. The van der Waals surface area contributed by atoms with E-state index in [0.717, 1.165) is 17.7 Å². The minimum absolute atomic E-state index is 0.367. The zero-order valence-corrected chi connectivity index (χ0v) is 8.71. The van der Waals surface area contributed by atoms with Crippen molar-refractivity contribution in [2.24, 2.45) is 0 Å². The normalized spacial score (nSPS) is 10.2. The van der Waals surface area contributed by atoms with Crippen LogP contribution in [0.2, 0.25) is 0 Å². The zero-order chi connectivity index (χ0) is 11.5. The number of benzene rings is 2. The van der Waals surface area contributed by atoms with Crippen molar-refractivity contribution < 1.29 is 13.5 Å². The molecule has 82 valence electrons. The number of hydrogen-bond acceptors (Lipinski definition) is 1. The molecule has 0 heterocycles. The summed E-state index contributed by atoms with van der Waals surface area (Å²) in [5.41, 5.74) is 0.967. The Morgan fingerprint density at radius 2 is 1.56 bits per heavy atom. The first kappa shape index (κ1) is 10.6. The van der Waals surface area contributed by atoms with Crippen LogP contribution in [0.3, 0.4) is 0 Å².